The first-order valence-electron chi connectivity index (χ1n) is 10.4. The quantitative estimate of drug-likeness (QED) is 0.536. The number of hydrogen-bond donors (Lipinski definition) is 0. The molecule has 4 aliphatic heterocycles. The summed E-state index contributed by atoms with van der Waals surface area (Å²) in [7, 11) is 0. The van der Waals surface area contributed by atoms with Gasteiger partial charge in [0.1, 0.15) is 36.0 Å². The van der Waals surface area contributed by atoms with E-state index in [4.69, 9.17) is 18.9 Å². The Labute approximate surface area is 163 Å². The van der Waals surface area contributed by atoms with Gasteiger partial charge in [-0.25, -0.2) is 4.79 Å². The van der Waals surface area contributed by atoms with Crippen LogP contribution in [0, 0.1) is 23.2 Å². The van der Waals surface area contributed by atoms with E-state index in [1.165, 1.54) is 0 Å². The Morgan fingerprint density at radius 2 is 2.04 bits per heavy atom. The number of fused-ring (bicyclic) bond motifs is 4. The zero-order valence-corrected chi connectivity index (χ0v) is 16.5. The number of allylic oxidation sites excluding steroid dienone is 1. The average molecular weight is 384 g/mol. The molecule has 7 aliphatic rings. The van der Waals surface area contributed by atoms with E-state index in [0.717, 1.165) is 23.3 Å². The van der Waals surface area contributed by atoms with E-state index in [-0.39, 0.29) is 47.1 Å². The molecule has 0 amide bonds. The van der Waals surface area contributed by atoms with Crippen LogP contribution >= 0.6 is 0 Å². The second kappa shape index (κ2) is 4.12. The number of esters is 1. The Hall–Kier alpha value is -1.66. The number of carbonyl (C=O) groups excluding carboxylic acids is 2. The molecular formula is C22H24O6. The highest BCUT2D eigenvalue weighted by Crippen LogP contribution is 2.84. The summed E-state index contributed by atoms with van der Waals surface area (Å²) in [6, 6.07) is 0. The molecule has 2 spiro atoms. The zero-order chi connectivity index (χ0) is 19.4. The van der Waals surface area contributed by atoms with E-state index in [1.807, 2.05) is 0 Å². The van der Waals surface area contributed by atoms with Gasteiger partial charge in [0.15, 0.2) is 5.60 Å². The van der Waals surface area contributed by atoms with Crippen molar-refractivity contribution in [2.75, 3.05) is 6.61 Å². The molecule has 0 N–H and O–H groups in total. The van der Waals surface area contributed by atoms with E-state index in [2.05, 4.69) is 26.8 Å². The fourth-order valence-corrected chi connectivity index (χ4v) is 7.81. The molecule has 6 heteroatoms. The fourth-order valence-electron chi connectivity index (χ4n) is 7.81. The van der Waals surface area contributed by atoms with Gasteiger partial charge in [-0.3, -0.25) is 4.79 Å². The molecule has 3 aliphatic carbocycles. The maximum Gasteiger partial charge on any atom is 0.334 e. The Morgan fingerprint density at radius 3 is 2.75 bits per heavy atom. The highest BCUT2D eigenvalue weighted by atomic mass is 16.7. The number of ether oxygens (including phenoxy) is 4. The number of rotatable bonds is 2. The monoisotopic (exact) mass is 384 g/mol. The smallest absolute Gasteiger partial charge is 0.334 e. The summed E-state index contributed by atoms with van der Waals surface area (Å²) in [6.07, 6.45) is 3.58. The number of Topliss-reactive ketones (excluding diaryl/α,β-unsaturated/α-hetero) is 1. The predicted molar refractivity (Wildman–Crippen MR) is 94.9 cm³/mol. The summed E-state index contributed by atoms with van der Waals surface area (Å²) in [5.41, 5.74) is -0.0637. The molecule has 148 valence electrons. The lowest BCUT2D eigenvalue weighted by atomic mass is 9.47. The van der Waals surface area contributed by atoms with Crippen LogP contribution < -0.4 is 0 Å². The molecule has 1 saturated carbocycles. The Balaban J connectivity index is 1.45. The minimum Gasteiger partial charge on any atom is -0.475 e. The number of cyclic esters (lactones) is 1. The van der Waals surface area contributed by atoms with Crippen molar-refractivity contribution in [3.05, 3.63) is 23.0 Å². The van der Waals surface area contributed by atoms with Gasteiger partial charge in [-0.15, -0.1) is 0 Å². The molecule has 0 aromatic rings. The molecule has 0 bridgehead atoms. The Kier molecular flexibility index (Phi) is 2.38. The van der Waals surface area contributed by atoms with Crippen molar-refractivity contribution < 1.29 is 28.5 Å². The number of epoxide rings is 3. The highest BCUT2D eigenvalue weighted by molar-refractivity contribution is 5.92. The number of ketones is 1. The summed E-state index contributed by atoms with van der Waals surface area (Å²) in [4.78, 5) is 25.1. The minimum absolute atomic E-state index is 0.0510. The molecule has 6 nitrogen and oxygen atoms in total. The van der Waals surface area contributed by atoms with Crippen molar-refractivity contribution in [3.63, 3.8) is 0 Å². The van der Waals surface area contributed by atoms with Crippen LogP contribution in [0.25, 0.3) is 0 Å². The lowest BCUT2D eigenvalue weighted by Gasteiger charge is -2.50. The second-order valence-corrected chi connectivity index (χ2v) is 10.2. The van der Waals surface area contributed by atoms with Crippen molar-refractivity contribution >= 4 is 11.8 Å². The van der Waals surface area contributed by atoms with Crippen molar-refractivity contribution in [2.45, 2.75) is 69.5 Å². The van der Waals surface area contributed by atoms with E-state index in [0.29, 0.717) is 13.0 Å². The topological polar surface area (TPSA) is 81.0 Å². The fraction of sp³-hybridized carbons (Fsp3) is 0.727. The van der Waals surface area contributed by atoms with Crippen molar-refractivity contribution in [2.24, 2.45) is 23.2 Å². The van der Waals surface area contributed by atoms with E-state index < -0.39 is 16.8 Å². The molecule has 8 atom stereocenters. The van der Waals surface area contributed by atoms with Gasteiger partial charge in [0.25, 0.3) is 0 Å². The molecular weight excluding hydrogens is 360 g/mol. The van der Waals surface area contributed by atoms with E-state index >= 15 is 0 Å². The van der Waals surface area contributed by atoms with Crippen LogP contribution in [0.4, 0.5) is 0 Å². The molecule has 0 aromatic heterocycles. The lowest BCUT2D eigenvalue weighted by molar-refractivity contribution is -0.136. The summed E-state index contributed by atoms with van der Waals surface area (Å²) >= 11 is 0. The molecule has 4 heterocycles. The van der Waals surface area contributed by atoms with Gasteiger partial charge in [0, 0.05) is 16.9 Å². The zero-order valence-electron chi connectivity index (χ0n) is 16.5. The first kappa shape index (κ1) is 16.2. The Morgan fingerprint density at radius 1 is 1.25 bits per heavy atom. The largest absolute Gasteiger partial charge is 0.475 e. The van der Waals surface area contributed by atoms with Crippen LogP contribution in [-0.2, 0) is 28.5 Å². The van der Waals surface area contributed by atoms with Crippen molar-refractivity contribution in [1.82, 2.24) is 0 Å². The summed E-state index contributed by atoms with van der Waals surface area (Å²) in [5, 5.41) is 0. The first-order chi connectivity index (χ1) is 13.3. The lowest BCUT2D eigenvalue weighted by Crippen LogP contribution is -2.66. The molecule has 1 unspecified atom stereocenters. The average Bonchev–Trinajstić information content (AvgIpc) is 3.51. The minimum atomic E-state index is -0.701. The van der Waals surface area contributed by atoms with Crippen molar-refractivity contribution in [1.29, 1.82) is 0 Å². The summed E-state index contributed by atoms with van der Waals surface area (Å²) in [6.45, 7) is 8.53. The number of hydrogen-bond acceptors (Lipinski definition) is 6. The number of carbonyl (C=O) groups is 2. The summed E-state index contributed by atoms with van der Waals surface area (Å²) < 4.78 is 24.6. The third kappa shape index (κ3) is 1.27. The highest BCUT2D eigenvalue weighted by Gasteiger charge is 3.00. The first-order valence-corrected chi connectivity index (χ1v) is 10.4. The van der Waals surface area contributed by atoms with Crippen LogP contribution in [-0.4, -0.2) is 47.4 Å². The van der Waals surface area contributed by atoms with Gasteiger partial charge in [0.2, 0.25) is 5.60 Å². The Bertz CT molecular complexity index is 962. The maximum atomic E-state index is 13.0. The van der Waals surface area contributed by atoms with Crippen LogP contribution in [0.3, 0.4) is 0 Å². The van der Waals surface area contributed by atoms with Crippen LogP contribution in [0.1, 0.15) is 40.5 Å². The third-order valence-electron chi connectivity index (χ3n) is 9.08. The SMILES string of the molecule is CC(=O)C1[C@@]2(C(C)C)O[C@H]2[C@H]2O[C@]23[C@]12OC2=C[C@H]1C2=C(CC[C@@]13C)C(=O)OC2. The second-order valence-electron chi connectivity index (χ2n) is 10.2. The van der Waals surface area contributed by atoms with E-state index in [1.54, 1.807) is 6.92 Å². The normalized spacial score (nSPS) is 56.2. The summed E-state index contributed by atoms with van der Waals surface area (Å²) in [5.74, 6) is 0.718. The van der Waals surface area contributed by atoms with Gasteiger partial charge in [0.05, 0.1) is 5.92 Å². The van der Waals surface area contributed by atoms with Gasteiger partial charge >= 0.3 is 5.97 Å². The predicted octanol–water partition coefficient (Wildman–Crippen LogP) is 2.07. The third-order valence-corrected chi connectivity index (χ3v) is 9.08. The van der Waals surface area contributed by atoms with Gasteiger partial charge in [-0.2, -0.15) is 0 Å². The molecule has 7 rings (SSSR count). The van der Waals surface area contributed by atoms with Gasteiger partial charge in [-0.05, 0) is 37.3 Å². The van der Waals surface area contributed by atoms with Gasteiger partial charge < -0.3 is 18.9 Å². The van der Waals surface area contributed by atoms with E-state index in [9.17, 15) is 9.59 Å². The van der Waals surface area contributed by atoms with Crippen molar-refractivity contribution in [3.8, 4) is 0 Å². The van der Waals surface area contributed by atoms with Gasteiger partial charge in [-0.1, -0.05) is 20.8 Å². The maximum absolute atomic E-state index is 13.0. The standard InChI is InChI=1S/C22H24O6/c1-9(2)20-15(10(3)23)21-14(26-21)7-13-12-8-25-18(24)11(12)5-6-19(13,4)22(21)17(28-22)16(20)27-20/h7,9,13,15-17H,5-6,8H2,1-4H3/t13-,15?,16-,17+,19-,20+,21+,22+/m0/s1. The van der Waals surface area contributed by atoms with Crippen LogP contribution in [0.5, 0.6) is 0 Å². The van der Waals surface area contributed by atoms with Crippen LogP contribution in [0.15, 0.2) is 23.0 Å². The molecule has 4 fully saturated rings. The molecule has 28 heavy (non-hydrogen) atoms. The molecule has 0 radical (unpaired) electrons. The van der Waals surface area contributed by atoms with Crippen LogP contribution in [0.2, 0.25) is 0 Å². The molecule has 0 aromatic carbocycles. The molecule has 3 saturated heterocycles.